The van der Waals surface area contributed by atoms with E-state index in [4.69, 9.17) is 4.74 Å². The lowest BCUT2D eigenvalue weighted by Gasteiger charge is -2.05. The van der Waals surface area contributed by atoms with E-state index in [0.717, 1.165) is 31.2 Å². The Kier molecular flexibility index (Phi) is 3.22. The van der Waals surface area contributed by atoms with E-state index in [1.54, 1.807) is 6.20 Å². The third kappa shape index (κ3) is 3.66. The van der Waals surface area contributed by atoms with Crippen molar-refractivity contribution in [2.75, 3.05) is 6.61 Å². The summed E-state index contributed by atoms with van der Waals surface area (Å²) in [6.45, 7) is 1.60. The minimum absolute atomic E-state index is 0.654. The first kappa shape index (κ1) is 11.0. The van der Waals surface area contributed by atoms with Crippen LogP contribution in [0.1, 0.15) is 37.8 Å². The lowest BCUT2D eigenvalue weighted by Crippen LogP contribution is -2.16. The smallest absolute Gasteiger partial charge is 0.232 e. The standard InChI is InChI=1S/C13H19N3O/c1-2-10(1)5-6-17-13-9-15-12(8-16-13)7-14-11-3-4-11/h8-11,14H,1-7H2. The molecule has 92 valence electrons. The number of aromatic nitrogens is 2. The Bertz CT molecular complexity index is 357. The van der Waals surface area contributed by atoms with Gasteiger partial charge in [0.25, 0.3) is 0 Å². The van der Waals surface area contributed by atoms with Gasteiger partial charge >= 0.3 is 0 Å². The van der Waals surface area contributed by atoms with Crippen LogP contribution in [0.15, 0.2) is 12.4 Å². The SMILES string of the molecule is c1nc(OCCC2CC2)cnc1CNC1CC1. The van der Waals surface area contributed by atoms with E-state index in [-0.39, 0.29) is 0 Å². The van der Waals surface area contributed by atoms with Crippen molar-refractivity contribution in [2.45, 2.75) is 44.7 Å². The maximum absolute atomic E-state index is 5.56. The summed E-state index contributed by atoms with van der Waals surface area (Å²) in [4.78, 5) is 8.61. The van der Waals surface area contributed by atoms with Crippen molar-refractivity contribution in [2.24, 2.45) is 5.92 Å². The van der Waals surface area contributed by atoms with Crippen molar-refractivity contribution in [3.05, 3.63) is 18.1 Å². The van der Waals surface area contributed by atoms with Crippen LogP contribution in [0.4, 0.5) is 0 Å². The van der Waals surface area contributed by atoms with Crippen LogP contribution in [0.2, 0.25) is 0 Å². The summed E-state index contributed by atoms with van der Waals surface area (Å²) >= 11 is 0. The number of hydrogen-bond acceptors (Lipinski definition) is 4. The summed E-state index contributed by atoms with van der Waals surface area (Å²) in [5.41, 5.74) is 0.992. The molecule has 0 bridgehead atoms. The van der Waals surface area contributed by atoms with Gasteiger partial charge in [-0.15, -0.1) is 0 Å². The monoisotopic (exact) mass is 233 g/mol. The van der Waals surface area contributed by atoms with Gasteiger partial charge in [0.15, 0.2) is 0 Å². The van der Waals surface area contributed by atoms with Gasteiger partial charge < -0.3 is 10.1 Å². The van der Waals surface area contributed by atoms with Gasteiger partial charge in [-0.2, -0.15) is 0 Å². The number of rotatable bonds is 7. The molecule has 17 heavy (non-hydrogen) atoms. The molecule has 0 saturated heterocycles. The van der Waals surface area contributed by atoms with Crippen LogP contribution in [0, 0.1) is 5.92 Å². The van der Waals surface area contributed by atoms with Gasteiger partial charge in [-0.1, -0.05) is 12.8 Å². The number of nitrogens with one attached hydrogen (secondary N) is 1. The van der Waals surface area contributed by atoms with E-state index in [1.807, 2.05) is 6.20 Å². The predicted molar refractivity (Wildman–Crippen MR) is 64.7 cm³/mol. The van der Waals surface area contributed by atoms with Crippen LogP contribution >= 0.6 is 0 Å². The second-order valence-corrected chi connectivity index (χ2v) is 5.08. The van der Waals surface area contributed by atoms with Gasteiger partial charge in [-0.3, -0.25) is 4.98 Å². The molecule has 0 aliphatic heterocycles. The predicted octanol–water partition coefficient (Wildman–Crippen LogP) is 1.91. The highest BCUT2D eigenvalue weighted by molar-refractivity contribution is 5.07. The highest BCUT2D eigenvalue weighted by Crippen LogP contribution is 2.32. The first-order valence-electron chi connectivity index (χ1n) is 6.57. The fraction of sp³-hybridized carbons (Fsp3) is 0.692. The maximum atomic E-state index is 5.56. The second-order valence-electron chi connectivity index (χ2n) is 5.08. The van der Waals surface area contributed by atoms with Gasteiger partial charge in [0, 0.05) is 12.6 Å². The van der Waals surface area contributed by atoms with Crippen molar-refractivity contribution in [1.82, 2.24) is 15.3 Å². The fourth-order valence-corrected chi connectivity index (χ4v) is 1.78. The summed E-state index contributed by atoms with van der Waals surface area (Å²) < 4.78 is 5.56. The number of hydrogen-bond donors (Lipinski definition) is 1. The topological polar surface area (TPSA) is 47.0 Å². The van der Waals surface area contributed by atoms with Crippen LogP contribution in [0.3, 0.4) is 0 Å². The van der Waals surface area contributed by atoms with Gasteiger partial charge in [-0.25, -0.2) is 4.98 Å². The molecule has 3 rings (SSSR count). The van der Waals surface area contributed by atoms with Gasteiger partial charge in [0.1, 0.15) is 0 Å². The molecule has 2 fully saturated rings. The van der Waals surface area contributed by atoms with E-state index in [0.29, 0.717) is 11.9 Å². The van der Waals surface area contributed by atoms with Crippen molar-refractivity contribution in [1.29, 1.82) is 0 Å². The quantitative estimate of drug-likeness (QED) is 0.781. The van der Waals surface area contributed by atoms with Crippen LogP contribution < -0.4 is 10.1 Å². The lowest BCUT2D eigenvalue weighted by atomic mass is 10.3. The Balaban J connectivity index is 1.41. The van der Waals surface area contributed by atoms with E-state index in [2.05, 4.69) is 15.3 Å². The average Bonchev–Trinajstić information content (AvgIpc) is 3.23. The van der Waals surface area contributed by atoms with Crippen molar-refractivity contribution >= 4 is 0 Å². The zero-order valence-corrected chi connectivity index (χ0v) is 10.1. The molecule has 0 spiro atoms. The Morgan fingerprint density at radius 2 is 2.06 bits per heavy atom. The molecule has 4 nitrogen and oxygen atoms in total. The molecule has 1 aromatic rings. The Hall–Kier alpha value is -1.16. The van der Waals surface area contributed by atoms with Gasteiger partial charge in [-0.05, 0) is 25.2 Å². The first-order chi connectivity index (χ1) is 8.40. The Morgan fingerprint density at radius 1 is 1.18 bits per heavy atom. The van der Waals surface area contributed by atoms with Crippen LogP contribution in [0.25, 0.3) is 0 Å². The molecule has 2 aliphatic rings. The molecule has 1 heterocycles. The number of ether oxygens (including phenoxy) is 1. The third-order valence-electron chi connectivity index (χ3n) is 3.30. The molecule has 4 heteroatoms. The van der Waals surface area contributed by atoms with Crippen LogP contribution in [-0.2, 0) is 6.54 Å². The summed E-state index contributed by atoms with van der Waals surface area (Å²) in [5.74, 6) is 1.56. The Labute approximate surface area is 102 Å². The largest absolute Gasteiger partial charge is 0.477 e. The Morgan fingerprint density at radius 3 is 2.71 bits per heavy atom. The van der Waals surface area contributed by atoms with E-state index in [9.17, 15) is 0 Å². The molecule has 2 aliphatic carbocycles. The highest BCUT2D eigenvalue weighted by atomic mass is 16.5. The fourth-order valence-electron chi connectivity index (χ4n) is 1.78. The molecule has 1 aromatic heterocycles. The molecule has 0 atom stereocenters. The van der Waals surface area contributed by atoms with Crippen molar-refractivity contribution < 1.29 is 4.74 Å². The average molecular weight is 233 g/mol. The zero-order valence-electron chi connectivity index (χ0n) is 10.1. The lowest BCUT2D eigenvalue weighted by molar-refractivity contribution is 0.289. The molecular weight excluding hydrogens is 214 g/mol. The summed E-state index contributed by atoms with van der Waals surface area (Å²) in [7, 11) is 0. The third-order valence-corrected chi connectivity index (χ3v) is 3.30. The molecule has 0 radical (unpaired) electrons. The minimum atomic E-state index is 0.654. The van der Waals surface area contributed by atoms with Crippen molar-refractivity contribution in [3.63, 3.8) is 0 Å². The van der Waals surface area contributed by atoms with Crippen LogP contribution in [0.5, 0.6) is 5.88 Å². The van der Waals surface area contributed by atoms with Gasteiger partial charge in [0.05, 0.1) is 24.7 Å². The highest BCUT2D eigenvalue weighted by Gasteiger charge is 2.21. The van der Waals surface area contributed by atoms with Crippen molar-refractivity contribution in [3.8, 4) is 5.88 Å². The maximum Gasteiger partial charge on any atom is 0.232 e. The van der Waals surface area contributed by atoms with E-state index >= 15 is 0 Å². The molecule has 0 aromatic carbocycles. The zero-order chi connectivity index (χ0) is 11.5. The number of nitrogens with zero attached hydrogens (tertiary/aromatic N) is 2. The molecule has 2 saturated carbocycles. The molecule has 0 unspecified atom stereocenters. The first-order valence-corrected chi connectivity index (χ1v) is 6.57. The van der Waals surface area contributed by atoms with Crippen LogP contribution in [-0.4, -0.2) is 22.6 Å². The van der Waals surface area contributed by atoms with E-state index in [1.165, 1.54) is 25.7 Å². The normalized spacial score (nSPS) is 19.3. The second kappa shape index (κ2) is 5.00. The summed E-state index contributed by atoms with van der Waals surface area (Å²) in [6, 6.07) is 0.714. The molecule has 1 N–H and O–H groups in total. The minimum Gasteiger partial charge on any atom is -0.477 e. The molecular formula is C13H19N3O. The van der Waals surface area contributed by atoms with Gasteiger partial charge in [0.2, 0.25) is 5.88 Å². The van der Waals surface area contributed by atoms with E-state index < -0.39 is 0 Å². The summed E-state index contributed by atoms with van der Waals surface area (Å²) in [5, 5.41) is 3.42. The molecule has 0 amide bonds. The summed E-state index contributed by atoms with van der Waals surface area (Å²) in [6.07, 6.45) is 10.1.